The summed E-state index contributed by atoms with van der Waals surface area (Å²) in [6.45, 7) is 8.75. The van der Waals surface area contributed by atoms with E-state index in [1.807, 2.05) is 18.2 Å². The molecular weight excluding hydrogens is 372 g/mol. The molecule has 0 aliphatic rings. The Hall–Kier alpha value is -0.133. The molecule has 1 heterocycles. The van der Waals surface area contributed by atoms with Crippen molar-refractivity contribution in [2.45, 2.75) is 32.2 Å². The van der Waals surface area contributed by atoms with Gasteiger partial charge in [0.1, 0.15) is 5.60 Å². The highest BCUT2D eigenvalue weighted by atomic mass is 79.9. The molecule has 1 atom stereocenters. The first-order chi connectivity index (χ1) is 9.21. The van der Waals surface area contributed by atoms with Crippen molar-refractivity contribution in [2.75, 3.05) is 0 Å². The zero-order chi connectivity index (χ0) is 15.0. The molecule has 0 bridgehead atoms. The molecule has 0 saturated heterocycles. The molecule has 20 heavy (non-hydrogen) atoms. The molecule has 1 unspecified atom stereocenters. The highest BCUT2D eigenvalue weighted by molar-refractivity contribution is 9.11. The zero-order valence-electron chi connectivity index (χ0n) is 12.0. The van der Waals surface area contributed by atoms with Gasteiger partial charge in [0.05, 0.1) is 3.79 Å². The maximum Gasteiger partial charge on any atom is 0.185 e. The SMILES string of the molecule is CC(O[Si](C)(C)C)(c1cccc(Cl)c1)c1ccc(Br)s1. The fourth-order valence-corrected chi connectivity index (χ4v) is 5.43. The summed E-state index contributed by atoms with van der Waals surface area (Å²) in [5.74, 6) is 0. The third-order valence-corrected chi connectivity index (χ3v) is 6.01. The lowest BCUT2D eigenvalue weighted by Crippen LogP contribution is -2.39. The molecule has 1 aromatic heterocycles. The largest absolute Gasteiger partial charge is 0.404 e. The molecule has 1 aromatic carbocycles. The lowest BCUT2D eigenvalue weighted by molar-refractivity contribution is 0.128. The minimum absolute atomic E-state index is 0.452. The molecule has 0 amide bonds. The van der Waals surface area contributed by atoms with Gasteiger partial charge in [-0.2, -0.15) is 0 Å². The molecule has 0 saturated carbocycles. The van der Waals surface area contributed by atoms with Gasteiger partial charge in [0.2, 0.25) is 0 Å². The summed E-state index contributed by atoms with van der Waals surface area (Å²) in [6, 6.07) is 12.1. The van der Waals surface area contributed by atoms with Gasteiger partial charge < -0.3 is 4.43 Å². The van der Waals surface area contributed by atoms with E-state index in [0.29, 0.717) is 0 Å². The van der Waals surface area contributed by atoms with E-state index < -0.39 is 13.9 Å². The van der Waals surface area contributed by atoms with E-state index in [0.717, 1.165) is 14.4 Å². The van der Waals surface area contributed by atoms with Crippen LogP contribution in [0, 0.1) is 0 Å². The van der Waals surface area contributed by atoms with Crippen LogP contribution in [0.5, 0.6) is 0 Å². The third kappa shape index (κ3) is 3.74. The van der Waals surface area contributed by atoms with Crippen LogP contribution >= 0.6 is 38.9 Å². The van der Waals surface area contributed by atoms with Crippen molar-refractivity contribution < 1.29 is 4.43 Å². The van der Waals surface area contributed by atoms with Gasteiger partial charge in [-0.1, -0.05) is 23.7 Å². The predicted octanol–water partition coefficient (Wildman–Crippen LogP) is 6.28. The summed E-state index contributed by atoms with van der Waals surface area (Å²) in [5.41, 5.74) is 0.647. The van der Waals surface area contributed by atoms with Gasteiger partial charge in [-0.15, -0.1) is 11.3 Å². The second-order valence-electron chi connectivity index (χ2n) is 5.86. The van der Waals surface area contributed by atoms with Crippen LogP contribution < -0.4 is 0 Å². The molecule has 0 spiro atoms. The fourth-order valence-electron chi connectivity index (χ4n) is 2.22. The molecule has 2 aromatic rings. The van der Waals surface area contributed by atoms with Crippen LogP contribution in [0.15, 0.2) is 40.2 Å². The first-order valence-electron chi connectivity index (χ1n) is 6.43. The number of thiophene rings is 1. The van der Waals surface area contributed by atoms with Crippen molar-refractivity contribution in [3.63, 3.8) is 0 Å². The van der Waals surface area contributed by atoms with Crippen molar-refractivity contribution in [3.8, 4) is 0 Å². The second kappa shape index (κ2) is 5.93. The van der Waals surface area contributed by atoms with Crippen molar-refractivity contribution in [2.24, 2.45) is 0 Å². The average molecular weight is 390 g/mol. The summed E-state index contributed by atoms with van der Waals surface area (Å²) >= 11 is 11.4. The molecule has 0 radical (unpaired) electrons. The number of halogens is 2. The van der Waals surface area contributed by atoms with E-state index in [1.54, 1.807) is 11.3 Å². The van der Waals surface area contributed by atoms with Crippen LogP contribution in [0.1, 0.15) is 17.4 Å². The first kappa shape index (κ1) is 16.2. The predicted molar refractivity (Wildman–Crippen MR) is 94.4 cm³/mol. The monoisotopic (exact) mass is 388 g/mol. The maximum atomic E-state index is 6.54. The summed E-state index contributed by atoms with van der Waals surface area (Å²) < 4.78 is 7.65. The maximum absolute atomic E-state index is 6.54. The normalized spacial score (nSPS) is 15.1. The van der Waals surface area contributed by atoms with Crippen molar-refractivity contribution in [3.05, 3.63) is 55.6 Å². The van der Waals surface area contributed by atoms with Gasteiger partial charge in [0.25, 0.3) is 0 Å². The van der Waals surface area contributed by atoms with E-state index in [4.69, 9.17) is 16.0 Å². The van der Waals surface area contributed by atoms with Gasteiger partial charge in [-0.05, 0) is 72.3 Å². The molecule has 0 fully saturated rings. The minimum Gasteiger partial charge on any atom is -0.404 e. The lowest BCUT2D eigenvalue weighted by Gasteiger charge is -2.36. The van der Waals surface area contributed by atoms with Gasteiger partial charge in [-0.25, -0.2) is 0 Å². The summed E-state index contributed by atoms with van der Waals surface area (Å²) in [4.78, 5) is 1.19. The van der Waals surface area contributed by atoms with E-state index >= 15 is 0 Å². The van der Waals surface area contributed by atoms with Crippen LogP contribution in [0.3, 0.4) is 0 Å². The van der Waals surface area contributed by atoms with Gasteiger partial charge >= 0.3 is 0 Å². The van der Waals surface area contributed by atoms with Crippen molar-refractivity contribution >= 4 is 47.2 Å². The van der Waals surface area contributed by atoms with Gasteiger partial charge in [0, 0.05) is 9.90 Å². The Balaban J connectivity index is 2.54. The first-order valence-corrected chi connectivity index (χ1v) is 11.8. The molecule has 2 rings (SSSR count). The number of benzene rings is 1. The Morgan fingerprint density at radius 3 is 2.40 bits per heavy atom. The van der Waals surface area contributed by atoms with Crippen LogP contribution in [0.25, 0.3) is 0 Å². The molecule has 5 heteroatoms. The molecule has 0 aliphatic carbocycles. The zero-order valence-corrected chi connectivity index (χ0v) is 16.2. The lowest BCUT2D eigenvalue weighted by atomic mass is 9.94. The van der Waals surface area contributed by atoms with E-state index in [2.05, 4.69) is 60.7 Å². The minimum atomic E-state index is -1.72. The van der Waals surface area contributed by atoms with Crippen molar-refractivity contribution in [1.29, 1.82) is 0 Å². The summed E-state index contributed by atoms with van der Waals surface area (Å²) in [5, 5.41) is 0.739. The third-order valence-electron chi connectivity index (χ3n) is 2.93. The quantitative estimate of drug-likeness (QED) is 0.559. The van der Waals surface area contributed by atoms with Crippen LogP contribution in [0.2, 0.25) is 24.7 Å². The van der Waals surface area contributed by atoms with Crippen molar-refractivity contribution in [1.82, 2.24) is 0 Å². The highest BCUT2D eigenvalue weighted by Gasteiger charge is 2.36. The standard InChI is InChI=1S/C15H18BrClOSSi/c1-15(18-20(2,3)4,13-8-9-14(16)19-13)11-6-5-7-12(17)10-11/h5-10H,1-4H3. The Bertz CT molecular complexity index is 608. The molecule has 1 nitrogen and oxygen atoms in total. The van der Waals surface area contributed by atoms with Crippen LogP contribution in [-0.4, -0.2) is 8.32 Å². The number of hydrogen-bond donors (Lipinski definition) is 0. The Kier molecular flexibility index (Phi) is 4.82. The van der Waals surface area contributed by atoms with E-state index in [9.17, 15) is 0 Å². The number of hydrogen-bond acceptors (Lipinski definition) is 2. The molecule has 108 valence electrons. The summed E-state index contributed by atoms with van der Waals surface area (Å²) in [7, 11) is -1.72. The molecular formula is C15H18BrClOSSi. The molecule has 0 N–H and O–H groups in total. The molecule has 0 aliphatic heterocycles. The Labute approximate surface area is 139 Å². The van der Waals surface area contributed by atoms with E-state index in [1.165, 1.54) is 4.88 Å². The Morgan fingerprint density at radius 1 is 1.20 bits per heavy atom. The second-order valence-corrected chi connectivity index (χ2v) is 13.2. The topological polar surface area (TPSA) is 9.23 Å². The van der Waals surface area contributed by atoms with Crippen LogP contribution in [0.4, 0.5) is 0 Å². The highest BCUT2D eigenvalue weighted by Crippen LogP contribution is 2.41. The number of rotatable bonds is 4. The summed E-state index contributed by atoms with van der Waals surface area (Å²) in [6.07, 6.45) is 0. The fraction of sp³-hybridized carbons (Fsp3) is 0.333. The van der Waals surface area contributed by atoms with Gasteiger partial charge in [0.15, 0.2) is 8.32 Å². The van der Waals surface area contributed by atoms with Gasteiger partial charge in [-0.3, -0.25) is 0 Å². The van der Waals surface area contributed by atoms with E-state index in [-0.39, 0.29) is 0 Å². The van der Waals surface area contributed by atoms with Crippen LogP contribution in [-0.2, 0) is 10.0 Å². The Morgan fingerprint density at radius 2 is 1.90 bits per heavy atom. The smallest absolute Gasteiger partial charge is 0.185 e. The average Bonchev–Trinajstić information content (AvgIpc) is 2.74.